The molecule has 7 nitrogen and oxygen atoms in total. The summed E-state index contributed by atoms with van der Waals surface area (Å²) in [6.45, 7) is 3.80. The second-order valence-corrected chi connectivity index (χ2v) is 7.70. The fraction of sp³-hybridized carbons (Fsp3) is 0.591. The van der Waals surface area contributed by atoms with E-state index in [2.05, 4.69) is 33.4 Å². The zero-order chi connectivity index (χ0) is 20.6. The standard InChI is InChI=1S/C22H32N4O3/c1-23-22(25-13-10-18(11-14-25)21(28)29-2)24-12-5-8-20(27)26-15-9-17-6-3-4-7-19(17)16-26/h3-4,6-7,18H,5,8-16H2,1-2H3,(H,23,24). The van der Waals surface area contributed by atoms with Gasteiger partial charge in [0.2, 0.25) is 5.91 Å². The van der Waals surface area contributed by atoms with Gasteiger partial charge in [-0.3, -0.25) is 14.6 Å². The smallest absolute Gasteiger partial charge is 0.308 e. The minimum Gasteiger partial charge on any atom is -0.469 e. The van der Waals surface area contributed by atoms with Gasteiger partial charge in [0.25, 0.3) is 0 Å². The summed E-state index contributed by atoms with van der Waals surface area (Å²) < 4.78 is 4.84. The van der Waals surface area contributed by atoms with Gasteiger partial charge in [0.15, 0.2) is 5.96 Å². The van der Waals surface area contributed by atoms with Crippen LogP contribution in [0.4, 0.5) is 0 Å². The number of methoxy groups -OCH3 is 1. The van der Waals surface area contributed by atoms with Crippen molar-refractivity contribution in [3.8, 4) is 0 Å². The van der Waals surface area contributed by atoms with Crippen LogP contribution < -0.4 is 5.32 Å². The maximum Gasteiger partial charge on any atom is 0.308 e. The Hall–Kier alpha value is -2.57. The quantitative estimate of drug-likeness (QED) is 0.353. The van der Waals surface area contributed by atoms with E-state index in [9.17, 15) is 9.59 Å². The number of fused-ring (bicyclic) bond motifs is 1. The maximum atomic E-state index is 12.6. The molecule has 1 fully saturated rings. The van der Waals surface area contributed by atoms with E-state index in [-0.39, 0.29) is 17.8 Å². The molecule has 2 heterocycles. The lowest BCUT2D eigenvalue weighted by molar-refractivity contribution is -0.146. The van der Waals surface area contributed by atoms with Crippen molar-refractivity contribution in [2.75, 3.05) is 40.3 Å². The number of likely N-dealkylation sites (tertiary alicyclic amines) is 1. The molecule has 1 saturated heterocycles. The van der Waals surface area contributed by atoms with E-state index in [0.29, 0.717) is 13.0 Å². The lowest BCUT2D eigenvalue weighted by atomic mass is 9.97. The third kappa shape index (κ3) is 5.49. The number of nitrogens with one attached hydrogen (secondary N) is 1. The molecule has 0 atom stereocenters. The Morgan fingerprint density at radius 3 is 2.55 bits per heavy atom. The van der Waals surface area contributed by atoms with Crippen molar-refractivity contribution in [2.45, 2.75) is 38.6 Å². The fourth-order valence-electron chi connectivity index (χ4n) is 4.13. The van der Waals surface area contributed by atoms with Gasteiger partial charge in [-0.1, -0.05) is 24.3 Å². The van der Waals surface area contributed by atoms with Crippen LogP contribution in [0, 0.1) is 5.92 Å². The summed E-state index contributed by atoms with van der Waals surface area (Å²) in [6, 6.07) is 8.37. The average molecular weight is 401 g/mol. The van der Waals surface area contributed by atoms with Gasteiger partial charge >= 0.3 is 5.97 Å². The number of carbonyl (C=O) groups is 2. The Bertz CT molecular complexity index is 741. The minimum absolute atomic E-state index is 0.0124. The molecule has 3 rings (SSSR count). The number of nitrogens with zero attached hydrogens (tertiary/aromatic N) is 3. The van der Waals surface area contributed by atoms with Gasteiger partial charge in [-0.15, -0.1) is 0 Å². The van der Waals surface area contributed by atoms with Crippen LogP contribution in [0.1, 0.15) is 36.8 Å². The first-order valence-corrected chi connectivity index (χ1v) is 10.5. The topological polar surface area (TPSA) is 74.2 Å². The summed E-state index contributed by atoms with van der Waals surface area (Å²) in [4.78, 5) is 32.7. The molecular formula is C22H32N4O3. The predicted octanol–water partition coefficient (Wildman–Crippen LogP) is 1.81. The molecule has 7 heteroatoms. The lowest BCUT2D eigenvalue weighted by Gasteiger charge is -2.33. The Morgan fingerprint density at radius 1 is 1.14 bits per heavy atom. The highest BCUT2D eigenvalue weighted by molar-refractivity contribution is 5.81. The summed E-state index contributed by atoms with van der Waals surface area (Å²) in [7, 11) is 3.21. The largest absolute Gasteiger partial charge is 0.469 e. The van der Waals surface area contributed by atoms with Gasteiger partial charge in [-0.05, 0) is 36.8 Å². The predicted molar refractivity (Wildman–Crippen MR) is 112 cm³/mol. The molecule has 0 aliphatic carbocycles. The van der Waals surface area contributed by atoms with Crippen LogP contribution in [0.25, 0.3) is 0 Å². The monoisotopic (exact) mass is 400 g/mol. The van der Waals surface area contributed by atoms with Gasteiger partial charge in [0.1, 0.15) is 0 Å². The molecule has 1 aromatic rings. The molecule has 0 unspecified atom stereocenters. The second kappa shape index (κ2) is 10.3. The van der Waals surface area contributed by atoms with E-state index in [1.54, 1.807) is 7.05 Å². The number of rotatable bonds is 5. The first-order valence-electron chi connectivity index (χ1n) is 10.5. The number of carbonyl (C=O) groups excluding carboxylic acids is 2. The minimum atomic E-state index is -0.119. The molecule has 0 spiro atoms. The Balaban J connectivity index is 1.37. The van der Waals surface area contributed by atoms with Crippen LogP contribution in [0.15, 0.2) is 29.3 Å². The second-order valence-electron chi connectivity index (χ2n) is 7.70. The van der Waals surface area contributed by atoms with Crippen LogP contribution in [0.5, 0.6) is 0 Å². The number of amides is 1. The number of guanidine groups is 1. The van der Waals surface area contributed by atoms with E-state index in [0.717, 1.165) is 57.8 Å². The van der Waals surface area contributed by atoms with Gasteiger partial charge in [-0.2, -0.15) is 0 Å². The molecule has 158 valence electrons. The van der Waals surface area contributed by atoms with Crippen molar-refractivity contribution in [1.29, 1.82) is 0 Å². The van der Waals surface area contributed by atoms with Crippen molar-refractivity contribution in [1.82, 2.24) is 15.1 Å². The van der Waals surface area contributed by atoms with E-state index >= 15 is 0 Å². The number of piperidine rings is 1. The van der Waals surface area contributed by atoms with Crippen molar-refractivity contribution in [3.63, 3.8) is 0 Å². The van der Waals surface area contributed by atoms with E-state index < -0.39 is 0 Å². The average Bonchev–Trinajstić information content (AvgIpc) is 2.78. The normalized spacial score (nSPS) is 17.7. The van der Waals surface area contributed by atoms with E-state index in [4.69, 9.17) is 4.74 Å². The summed E-state index contributed by atoms with van der Waals surface area (Å²) in [5.74, 6) is 0.927. The highest BCUT2D eigenvalue weighted by Crippen LogP contribution is 2.20. The number of esters is 1. The fourth-order valence-corrected chi connectivity index (χ4v) is 4.13. The van der Waals surface area contributed by atoms with Crippen LogP contribution in [0.3, 0.4) is 0 Å². The third-order valence-electron chi connectivity index (χ3n) is 5.87. The number of ether oxygens (including phenoxy) is 1. The molecule has 2 aliphatic heterocycles. The van der Waals surface area contributed by atoms with Gasteiger partial charge in [0.05, 0.1) is 13.0 Å². The highest BCUT2D eigenvalue weighted by Gasteiger charge is 2.27. The Labute approximate surface area is 173 Å². The van der Waals surface area contributed by atoms with Crippen LogP contribution in [-0.4, -0.2) is 68.0 Å². The number of benzene rings is 1. The van der Waals surface area contributed by atoms with Crippen molar-refractivity contribution >= 4 is 17.8 Å². The molecule has 0 saturated carbocycles. The molecule has 0 radical (unpaired) electrons. The number of aliphatic imine (C=N–C) groups is 1. The van der Waals surface area contributed by atoms with E-state index in [1.165, 1.54) is 18.2 Å². The number of hydrogen-bond donors (Lipinski definition) is 1. The summed E-state index contributed by atoms with van der Waals surface area (Å²) in [5.41, 5.74) is 2.62. The molecule has 1 N–H and O–H groups in total. The van der Waals surface area contributed by atoms with E-state index in [1.807, 2.05) is 11.0 Å². The third-order valence-corrected chi connectivity index (χ3v) is 5.87. The van der Waals surface area contributed by atoms with Crippen molar-refractivity contribution in [2.24, 2.45) is 10.9 Å². The molecule has 29 heavy (non-hydrogen) atoms. The molecule has 2 aliphatic rings. The molecule has 1 amide bonds. The first kappa shape index (κ1) is 21.1. The number of hydrogen-bond acceptors (Lipinski definition) is 4. The van der Waals surface area contributed by atoms with Crippen molar-refractivity contribution in [3.05, 3.63) is 35.4 Å². The Kier molecular flexibility index (Phi) is 7.49. The summed E-state index contributed by atoms with van der Waals surface area (Å²) in [5, 5.41) is 3.36. The molecular weight excluding hydrogens is 368 g/mol. The highest BCUT2D eigenvalue weighted by atomic mass is 16.5. The van der Waals surface area contributed by atoms with Crippen LogP contribution >= 0.6 is 0 Å². The summed E-state index contributed by atoms with van der Waals surface area (Å²) in [6.07, 6.45) is 3.81. The van der Waals surface area contributed by atoms with Crippen LogP contribution in [0.2, 0.25) is 0 Å². The summed E-state index contributed by atoms with van der Waals surface area (Å²) >= 11 is 0. The van der Waals surface area contributed by atoms with Gasteiger partial charge in [-0.25, -0.2) is 0 Å². The first-order chi connectivity index (χ1) is 14.1. The zero-order valence-electron chi connectivity index (χ0n) is 17.5. The lowest BCUT2D eigenvalue weighted by Crippen LogP contribution is -2.47. The molecule has 0 aromatic heterocycles. The Morgan fingerprint density at radius 2 is 1.86 bits per heavy atom. The SMILES string of the molecule is CN=C(NCCCC(=O)N1CCc2ccccc2C1)N1CCC(C(=O)OC)CC1. The molecule has 1 aromatic carbocycles. The van der Waals surface area contributed by atoms with Gasteiger partial charge in [0, 0.05) is 46.2 Å². The molecule has 0 bridgehead atoms. The van der Waals surface area contributed by atoms with Crippen molar-refractivity contribution < 1.29 is 14.3 Å². The van der Waals surface area contributed by atoms with Crippen LogP contribution in [-0.2, 0) is 27.3 Å². The zero-order valence-corrected chi connectivity index (χ0v) is 17.5. The van der Waals surface area contributed by atoms with Gasteiger partial charge < -0.3 is 19.9 Å². The maximum absolute atomic E-state index is 12.6.